The van der Waals surface area contributed by atoms with Crippen LogP contribution in [0, 0.1) is 0 Å². The lowest BCUT2D eigenvalue weighted by molar-refractivity contribution is 0.221. The first kappa shape index (κ1) is 10.9. The van der Waals surface area contributed by atoms with Gasteiger partial charge in [-0.3, -0.25) is 8.37 Å². The molecular weight excluding hydrogens is 220 g/mol. The third-order valence-electron chi connectivity index (χ3n) is 1.27. The van der Waals surface area contributed by atoms with Crippen LogP contribution >= 0.6 is 0 Å². The van der Waals surface area contributed by atoms with Gasteiger partial charge in [0.25, 0.3) is 20.2 Å². The Morgan fingerprint density at radius 3 is 1.46 bits per heavy atom. The van der Waals surface area contributed by atoms with Gasteiger partial charge >= 0.3 is 0 Å². The van der Waals surface area contributed by atoms with Crippen LogP contribution in [0.1, 0.15) is 6.42 Å². The zero-order valence-electron chi connectivity index (χ0n) is 7.13. The van der Waals surface area contributed by atoms with E-state index in [0.717, 1.165) is 12.5 Å². The summed E-state index contributed by atoms with van der Waals surface area (Å²) in [7, 11) is -7.05. The second-order valence-electron chi connectivity index (χ2n) is 2.91. The first-order valence-corrected chi connectivity index (χ1v) is 7.07. The first-order chi connectivity index (χ1) is 5.67. The van der Waals surface area contributed by atoms with E-state index in [1.165, 1.54) is 0 Å². The maximum absolute atomic E-state index is 10.6. The highest BCUT2D eigenvalue weighted by molar-refractivity contribution is 7.86. The molecule has 0 heterocycles. The number of rotatable bonds is 4. The third-order valence-corrected chi connectivity index (χ3v) is 2.47. The second kappa shape index (κ2) is 3.19. The Kier molecular flexibility index (Phi) is 2.68. The molecule has 0 bridgehead atoms. The lowest BCUT2D eigenvalue weighted by Crippen LogP contribution is -2.12. The van der Waals surface area contributed by atoms with Crippen molar-refractivity contribution in [2.75, 3.05) is 12.5 Å². The van der Waals surface area contributed by atoms with Crippen LogP contribution in [-0.4, -0.2) is 41.6 Å². The van der Waals surface area contributed by atoms with Gasteiger partial charge in [-0.1, -0.05) is 0 Å². The molecule has 0 saturated heterocycles. The van der Waals surface area contributed by atoms with Crippen LogP contribution in [0.25, 0.3) is 0 Å². The van der Waals surface area contributed by atoms with Crippen LogP contribution in [0.5, 0.6) is 0 Å². The molecule has 0 aromatic heterocycles. The topological polar surface area (TPSA) is 86.7 Å². The maximum Gasteiger partial charge on any atom is 0.264 e. The summed E-state index contributed by atoms with van der Waals surface area (Å²) >= 11 is 0. The van der Waals surface area contributed by atoms with E-state index >= 15 is 0 Å². The molecule has 1 fully saturated rings. The Balaban J connectivity index is 2.41. The zero-order chi connectivity index (χ0) is 10.3. The lowest BCUT2D eigenvalue weighted by Gasteiger charge is -1.99. The largest absolute Gasteiger partial charge is 0.264 e. The average Bonchev–Trinajstić information content (AvgIpc) is 2.36. The standard InChI is InChI=1S/C5H10O6S2/c1-12(6,7)10-4-3-5(4)11-13(2,8)9/h4-5H,3H2,1-2H3/t4-,5-/m1/s1. The molecule has 0 aromatic carbocycles. The minimum Gasteiger partial charge on any atom is -0.264 e. The summed E-state index contributed by atoms with van der Waals surface area (Å²) in [6, 6.07) is 0. The van der Waals surface area contributed by atoms with Gasteiger partial charge in [-0.2, -0.15) is 16.8 Å². The molecule has 6 nitrogen and oxygen atoms in total. The summed E-state index contributed by atoms with van der Waals surface area (Å²) < 4.78 is 51.2. The van der Waals surface area contributed by atoms with Crippen LogP contribution in [-0.2, 0) is 28.6 Å². The molecule has 13 heavy (non-hydrogen) atoms. The lowest BCUT2D eigenvalue weighted by atomic mass is 10.8. The molecule has 0 aliphatic heterocycles. The zero-order valence-corrected chi connectivity index (χ0v) is 8.76. The summed E-state index contributed by atoms with van der Waals surface area (Å²) in [5, 5.41) is 0. The van der Waals surface area contributed by atoms with Gasteiger partial charge < -0.3 is 0 Å². The van der Waals surface area contributed by atoms with Crippen LogP contribution < -0.4 is 0 Å². The quantitative estimate of drug-likeness (QED) is 0.580. The van der Waals surface area contributed by atoms with Crippen molar-refractivity contribution in [2.24, 2.45) is 0 Å². The van der Waals surface area contributed by atoms with Crippen LogP contribution in [0.15, 0.2) is 0 Å². The van der Waals surface area contributed by atoms with Crippen LogP contribution in [0.2, 0.25) is 0 Å². The molecule has 78 valence electrons. The summed E-state index contributed by atoms with van der Waals surface area (Å²) in [6.45, 7) is 0. The van der Waals surface area contributed by atoms with Crippen molar-refractivity contribution in [1.29, 1.82) is 0 Å². The molecule has 0 spiro atoms. The molecule has 0 N–H and O–H groups in total. The summed E-state index contributed by atoms with van der Waals surface area (Å²) in [4.78, 5) is 0. The predicted molar refractivity (Wildman–Crippen MR) is 44.1 cm³/mol. The Bertz CT molecular complexity index is 341. The van der Waals surface area contributed by atoms with E-state index in [0.29, 0.717) is 6.42 Å². The molecule has 2 atom stereocenters. The van der Waals surface area contributed by atoms with E-state index in [4.69, 9.17) is 0 Å². The molecule has 8 heteroatoms. The molecule has 1 rings (SSSR count). The van der Waals surface area contributed by atoms with Crippen molar-refractivity contribution >= 4 is 20.2 Å². The van der Waals surface area contributed by atoms with Crippen molar-refractivity contribution in [3.63, 3.8) is 0 Å². The van der Waals surface area contributed by atoms with E-state index in [9.17, 15) is 16.8 Å². The SMILES string of the molecule is CS(=O)(=O)O[C@@H]1C[C@H]1OS(C)(=O)=O. The summed E-state index contributed by atoms with van der Waals surface area (Å²) in [6.07, 6.45) is 0.806. The Morgan fingerprint density at radius 2 is 1.23 bits per heavy atom. The van der Waals surface area contributed by atoms with Crippen LogP contribution in [0.3, 0.4) is 0 Å². The van der Waals surface area contributed by atoms with Gasteiger partial charge in [-0.15, -0.1) is 0 Å². The monoisotopic (exact) mass is 230 g/mol. The fourth-order valence-corrected chi connectivity index (χ4v) is 2.10. The molecule has 0 radical (unpaired) electrons. The third kappa shape index (κ3) is 4.55. The second-order valence-corrected chi connectivity index (χ2v) is 6.11. The van der Waals surface area contributed by atoms with Gasteiger partial charge in [-0.05, 0) is 0 Å². The highest BCUT2D eigenvalue weighted by atomic mass is 32.2. The molecule has 0 unspecified atom stereocenters. The van der Waals surface area contributed by atoms with Crippen molar-refractivity contribution in [3.05, 3.63) is 0 Å². The molecule has 1 aliphatic carbocycles. The van der Waals surface area contributed by atoms with E-state index < -0.39 is 32.4 Å². The smallest absolute Gasteiger partial charge is 0.264 e. The van der Waals surface area contributed by atoms with E-state index in [2.05, 4.69) is 8.37 Å². The van der Waals surface area contributed by atoms with Gasteiger partial charge in [0.05, 0.1) is 12.5 Å². The normalized spacial score (nSPS) is 28.8. The summed E-state index contributed by atoms with van der Waals surface area (Å²) in [5.41, 5.74) is 0. The van der Waals surface area contributed by atoms with Gasteiger partial charge in [0.1, 0.15) is 12.2 Å². The fourth-order valence-electron chi connectivity index (χ4n) is 0.802. The molecule has 1 aliphatic rings. The predicted octanol–water partition coefficient (Wildman–Crippen LogP) is -0.920. The fraction of sp³-hybridized carbons (Fsp3) is 1.00. The van der Waals surface area contributed by atoms with E-state index in [1.54, 1.807) is 0 Å². The van der Waals surface area contributed by atoms with E-state index in [-0.39, 0.29) is 0 Å². The maximum atomic E-state index is 10.6. The van der Waals surface area contributed by atoms with E-state index in [1.807, 2.05) is 0 Å². The minimum atomic E-state index is -3.52. The van der Waals surface area contributed by atoms with Crippen molar-refractivity contribution in [1.82, 2.24) is 0 Å². The minimum absolute atomic E-state index is 0.292. The highest BCUT2D eigenvalue weighted by Gasteiger charge is 2.44. The molecule has 0 aromatic rings. The first-order valence-electron chi connectivity index (χ1n) is 3.44. The van der Waals surface area contributed by atoms with Crippen molar-refractivity contribution in [2.45, 2.75) is 18.6 Å². The average molecular weight is 230 g/mol. The number of hydrogen-bond acceptors (Lipinski definition) is 6. The molecule has 0 amide bonds. The van der Waals surface area contributed by atoms with Gasteiger partial charge in [-0.25, -0.2) is 0 Å². The Hall–Kier alpha value is -0.180. The van der Waals surface area contributed by atoms with Gasteiger partial charge in [0.15, 0.2) is 0 Å². The Morgan fingerprint density at radius 1 is 0.923 bits per heavy atom. The Labute approximate surface area is 77.1 Å². The summed E-state index contributed by atoms with van der Waals surface area (Å²) in [5.74, 6) is 0. The van der Waals surface area contributed by atoms with Crippen molar-refractivity contribution < 1.29 is 25.2 Å². The van der Waals surface area contributed by atoms with Crippen molar-refractivity contribution in [3.8, 4) is 0 Å². The molecule has 1 saturated carbocycles. The van der Waals surface area contributed by atoms with Crippen LogP contribution in [0.4, 0.5) is 0 Å². The number of hydrogen-bond donors (Lipinski definition) is 0. The molecular formula is C5H10O6S2. The van der Waals surface area contributed by atoms with Gasteiger partial charge in [0.2, 0.25) is 0 Å². The van der Waals surface area contributed by atoms with Gasteiger partial charge in [0, 0.05) is 6.42 Å². The highest BCUT2D eigenvalue weighted by Crippen LogP contribution is 2.31.